The number of aromatic nitrogens is 1. The molecule has 0 N–H and O–H groups in total. The average molecular weight is 373 g/mol. The fourth-order valence-corrected chi connectivity index (χ4v) is 5.30. The van der Waals surface area contributed by atoms with Crippen LogP contribution in [0.3, 0.4) is 0 Å². The van der Waals surface area contributed by atoms with E-state index in [2.05, 4.69) is 88.6 Å². The van der Waals surface area contributed by atoms with Crippen LogP contribution in [0.5, 0.6) is 0 Å². The molecule has 0 fully saturated rings. The molecule has 3 aromatic rings. The Morgan fingerprint density at radius 3 is 2.57 bits per heavy atom. The number of pyridine rings is 1. The predicted octanol–water partition coefficient (Wildman–Crippen LogP) is 7.09. The molecule has 0 saturated carbocycles. The third-order valence-corrected chi connectivity index (χ3v) is 6.59. The number of fused-ring (bicyclic) bond motifs is 5. The van der Waals surface area contributed by atoms with Gasteiger partial charge in [0.25, 0.3) is 0 Å². The Morgan fingerprint density at radius 2 is 1.82 bits per heavy atom. The van der Waals surface area contributed by atoms with E-state index in [1.165, 1.54) is 63.7 Å². The Kier molecular flexibility index (Phi) is 4.81. The number of benzene rings is 2. The van der Waals surface area contributed by atoms with Gasteiger partial charge < -0.3 is 0 Å². The molecule has 2 heterocycles. The van der Waals surface area contributed by atoms with Crippen molar-refractivity contribution in [2.24, 2.45) is 5.41 Å². The van der Waals surface area contributed by atoms with Gasteiger partial charge in [-0.3, -0.25) is 0 Å². The molecule has 0 saturated heterocycles. The molecule has 0 aliphatic carbocycles. The lowest BCUT2D eigenvalue weighted by Gasteiger charge is -2.25. The van der Waals surface area contributed by atoms with E-state index in [0.717, 1.165) is 6.42 Å². The van der Waals surface area contributed by atoms with Crippen molar-refractivity contribution in [2.45, 2.75) is 73.3 Å². The van der Waals surface area contributed by atoms with E-state index >= 15 is 0 Å². The molecular formula is C27H34N+. The first kappa shape index (κ1) is 19.2. The minimum atomic E-state index is 0.344. The smallest absolute Gasteiger partial charge is 0.184 e. The van der Waals surface area contributed by atoms with Gasteiger partial charge in [0.15, 0.2) is 6.04 Å². The standard InChI is InChI=1S/C27H34N/c1-7-8-14-27(5,6)17-21-10-9-11-24-22(21)12-13-25-23-16-18(2)15-19(3)26(23)20(4)28(24)25/h9-13,15-16,20H,7-8,14,17H2,1-6H3/q+1. The highest BCUT2D eigenvalue weighted by Crippen LogP contribution is 2.39. The minimum Gasteiger partial charge on any atom is -0.184 e. The summed E-state index contributed by atoms with van der Waals surface area (Å²) in [4.78, 5) is 0. The molecule has 1 aliphatic heterocycles. The van der Waals surface area contributed by atoms with E-state index in [1.54, 1.807) is 0 Å². The zero-order chi connectivity index (χ0) is 20.1. The van der Waals surface area contributed by atoms with E-state index in [0.29, 0.717) is 11.5 Å². The molecule has 1 atom stereocenters. The van der Waals surface area contributed by atoms with Gasteiger partial charge >= 0.3 is 0 Å². The molecule has 1 unspecified atom stereocenters. The summed E-state index contributed by atoms with van der Waals surface area (Å²) >= 11 is 0. The van der Waals surface area contributed by atoms with E-state index in [9.17, 15) is 0 Å². The second-order valence-electron chi connectivity index (χ2n) is 9.60. The summed E-state index contributed by atoms with van der Waals surface area (Å²) in [5, 5.41) is 1.42. The maximum absolute atomic E-state index is 2.56. The number of nitrogens with zero attached hydrogens (tertiary/aromatic N) is 1. The van der Waals surface area contributed by atoms with Crippen molar-refractivity contribution < 1.29 is 4.57 Å². The van der Waals surface area contributed by atoms with Gasteiger partial charge in [-0.25, -0.2) is 0 Å². The summed E-state index contributed by atoms with van der Waals surface area (Å²) in [6.45, 7) is 14.0. The van der Waals surface area contributed by atoms with Crippen LogP contribution in [0, 0.1) is 19.3 Å². The molecule has 1 nitrogen and oxygen atoms in total. The van der Waals surface area contributed by atoms with Gasteiger partial charge in [0.05, 0.1) is 5.56 Å². The summed E-state index contributed by atoms with van der Waals surface area (Å²) in [6.07, 6.45) is 5.02. The van der Waals surface area contributed by atoms with Crippen LogP contribution >= 0.6 is 0 Å². The minimum absolute atomic E-state index is 0.344. The van der Waals surface area contributed by atoms with Crippen molar-refractivity contribution in [3.05, 3.63) is 64.7 Å². The number of hydrogen-bond donors (Lipinski definition) is 0. The molecule has 0 spiro atoms. The van der Waals surface area contributed by atoms with Crippen LogP contribution in [0.15, 0.2) is 42.5 Å². The van der Waals surface area contributed by atoms with Crippen LogP contribution in [0.25, 0.3) is 22.2 Å². The van der Waals surface area contributed by atoms with Crippen molar-refractivity contribution in [1.29, 1.82) is 0 Å². The van der Waals surface area contributed by atoms with E-state index in [4.69, 9.17) is 0 Å². The predicted molar refractivity (Wildman–Crippen MR) is 120 cm³/mol. The van der Waals surface area contributed by atoms with Gasteiger partial charge in [0.2, 0.25) is 11.2 Å². The van der Waals surface area contributed by atoms with Gasteiger partial charge in [0, 0.05) is 30.0 Å². The lowest BCUT2D eigenvalue weighted by atomic mass is 9.80. The highest BCUT2D eigenvalue weighted by atomic mass is 15.0. The zero-order valence-corrected chi connectivity index (χ0v) is 18.4. The fourth-order valence-electron chi connectivity index (χ4n) is 5.30. The molecule has 4 rings (SSSR count). The molecule has 0 amide bonds. The Labute approximate surface area is 170 Å². The van der Waals surface area contributed by atoms with Crippen molar-refractivity contribution in [1.82, 2.24) is 0 Å². The van der Waals surface area contributed by atoms with Crippen molar-refractivity contribution >= 4 is 10.9 Å². The molecule has 1 aromatic heterocycles. The van der Waals surface area contributed by atoms with Gasteiger partial charge in [-0.2, -0.15) is 4.57 Å². The quantitative estimate of drug-likeness (QED) is 0.421. The molecule has 0 radical (unpaired) electrons. The topological polar surface area (TPSA) is 3.88 Å². The normalized spacial score (nSPS) is 15.7. The average Bonchev–Trinajstić information content (AvgIpc) is 2.93. The van der Waals surface area contributed by atoms with Crippen LogP contribution in [0.4, 0.5) is 0 Å². The fraction of sp³-hybridized carbons (Fsp3) is 0.444. The summed E-state index contributed by atoms with van der Waals surface area (Å²) in [7, 11) is 0. The highest BCUT2D eigenvalue weighted by Gasteiger charge is 2.36. The van der Waals surface area contributed by atoms with Crippen LogP contribution in [0.2, 0.25) is 0 Å². The lowest BCUT2D eigenvalue weighted by molar-refractivity contribution is -0.669. The summed E-state index contributed by atoms with van der Waals surface area (Å²) in [5.41, 5.74) is 10.2. The van der Waals surface area contributed by atoms with Crippen molar-refractivity contribution in [2.75, 3.05) is 0 Å². The first-order chi connectivity index (χ1) is 13.3. The molecule has 28 heavy (non-hydrogen) atoms. The highest BCUT2D eigenvalue weighted by molar-refractivity contribution is 5.83. The third-order valence-electron chi connectivity index (χ3n) is 6.59. The van der Waals surface area contributed by atoms with Gasteiger partial charge in [-0.05, 0) is 60.9 Å². The number of aryl methyl sites for hydroxylation is 2. The Balaban J connectivity index is 1.84. The molecule has 0 bridgehead atoms. The van der Waals surface area contributed by atoms with E-state index in [1.807, 2.05) is 0 Å². The maximum atomic E-state index is 2.56. The van der Waals surface area contributed by atoms with Crippen molar-refractivity contribution in [3.63, 3.8) is 0 Å². The first-order valence-corrected chi connectivity index (χ1v) is 10.9. The zero-order valence-electron chi connectivity index (χ0n) is 18.4. The van der Waals surface area contributed by atoms with E-state index < -0.39 is 0 Å². The maximum Gasteiger partial charge on any atom is 0.214 e. The van der Waals surface area contributed by atoms with Crippen LogP contribution < -0.4 is 4.57 Å². The first-order valence-electron chi connectivity index (χ1n) is 10.9. The molecule has 1 aliphatic rings. The Bertz CT molecular complexity index is 1040. The molecule has 146 valence electrons. The Hall–Kier alpha value is -2.15. The van der Waals surface area contributed by atoms with Crippen LogP contribution in [0.1, 0.15) is 75.3 Å². The molecular weight excluding hydrogens is 338 g/mol. The number of rotatable bonds is 5. The summed E-state index contributed by atoms with van der Waals surface area (Å²) < 4.78 is 2.56. The van der Waals surface area contributed by atoms with Gasteiger partial charge in [0.1, 0.15) is 0 Å². The molecule has 2 aromatic carbocycles. The second kappa shape index (κ2) is 7.03. The van der Waals surface area contributed by atoms with Gasteiger partial charge in [-0.15, -0.1) is 0 Å². The number of unbranched alkanes of at least 4 members (excludes halogenated alkanes) is 1. The van der Waals surface area contributed by atoms with Crippen LogP contribution in [-0.4, -0.2) is 0 Å². The molecule has 1 heteroatoms. The largest absolute Gasteiger partial charge is 0.214 e. The lowest BCUT2D eigenvalue weighted by Crippen LogP contribution is -2.37. The van der Waals surface area contributed by atoms with E-state index in [-0.39, 0.29) is 0 Å². The SMILES string of the molecule is CCCCC(C)(C)Cc1cccc2c1ccc1[n+]2C(C)c2c(C)cc(C)cc2-1. The monoisotopic (exact) mass is 372 g/mol. The Morgan fingerprint density at radius 1 is 1.04 bits per heavy atom. The third kappa shape index (κ3) is 3.15. The second-order valence-corrected chi connectivity index (χ2v) is 9.60. The summed E-state index contributed by atoms with van der Waals surface area (Å²) in [5.74, 6) is 0. The van der Waals surface area contributed by atoms with Gasteiger partial charge in [-0.1, -0.05) is 51.8 Å². The number of hydrogen-bond acceptors (Lipinski definition) is 0. The van der Waals surface area contributed by atoms with Crippen molar-refractivity contribution in [3.8, 4) is 11.3 Å². The summed E-state index contributed by atoms with van der Waals surface area (Å²) in [6, 6.07) is 16.7. The van der Waals surface area contributed by atoms with Crippen LogP contribution in [-0.2, 0) is 6.42 Å².